The van der Waals surface area contributed by atoms with E-state index in [1.807, 2.05) is 0 Å². The van der Waals surface area contributed by atoms with Crippen LogP contribution in [0.25, 0.3) is 0 Å². The fraction of sp³-hybridized carbons (Fsp3) is 0. The molecule has 0 saturated carbocycles. The van der Waals surface area contributed by atoms with Gasteiger partial charge in [-0.1, -0.05) is 30.3 Å². The van der Waals surface area contributed by atoms with E-state index in [4.69, 9.17) is 0 Å². The van der Waals surface area contributed by atoms with Crippen LogP contribution in [-0.4, -0.2) is 16.8 Å². The average Bonchev–Trinajstić information content (AvgIpc) is 2.17. The van der Waals surface area contributed by atoms with Crippen molar-refractivity contribution in [2.45, 2.75) is 0 Å². The van der Waals surface area contributed by atoms with Crippen molar-refractivity contribution < 1.29 is 19.6 Å². The highest BCUT2D eigenvalue weighted by atomic mass is 31.1. The minimum atomic E-state index is -0.916. The molecule has 2 N–H and O–H groups in total. The van der Waals surface area contributed by atoms with E-state index in [-0.39, 0.29) is 11.0 Å². The minimum Gasteiger partial charge on any atom is -0.412 e. The Labute approximate surface area is 76.1 Å². The molecule has 0 radical (unpaired) electrons. The summed E-state index contributed by atoms with van der Waals surface area (Å²) >= 11 is 0. The molecule has 1 aromatic rings. The smallest absolute Gasteiger partial charge is 0.293 e. The summed E-state index contributed by atoms with van der Waals surface area (Å²) in [5.74, 6) is -0.715. The zero-order chi connectivity index (χ0) is 8.97. The van der Waals surface area contributed by atoms with Crippen LogP contribution in [0.5, 0.6) is 0 Å². The predicted molar refractivity (Wildman–Crippen MR) is 47.0 cm³/mol. The Morgan fingerprint density at radius 2 is 1.62 bits per heavy atom. The van der Waals surface area contributed by atoms with E-state index >= 15 is 0 Å². The van der Waals surface area contributed by atoms with E-state index in [1.54, 1.807) is 18.2 Å². The van der Waals surface area contributed by atoms with E-state index in [2.05, 4.69) is 0 Å². The van der Waals surface area contributed by atoms with E-state index in [1.165, 1.54) is 12.1 Å². The van der Waals surface area contributed by atoms with Gasteiger partial charge in [0.05, 0.1) is 0 Å². The van der Waals surface area contributed by atoms with Crippen molar-refractivity contribution in [3.8, 4) is 0 Å². The third-order valence-corrected chi connectivity index (χ3v) is 1.68. The van der Waals surface area contributed by atoms with Gasteiger partial charge in [0.25, 0.3) is 5.52 Å². The summed E-state index contributed by atoms with van der Waals surface area (Å²) < 4.78 is 10.0. The molecule has 0 aromatic heterocycles. The first-order valence-electron chi connectivity index (χ1n) is 3.23. The molecule has 0 bridgehead atoms. The van der Waals surface area contributed by atoms with Gasteiger partial charge in [-0.25, -0.2) is 0 Å². The van der Waals surface area contributed by atoms with Crippen molar-refractivity contribution in [3.63, 3.8) is 0 Å². The van der Waals surface area contributed by atoms with Crippen LogP contribution in [0.1, 0.15) is 10.4 Å². The summed E-state index contributed by atoms with van der Waals surface area (Å²) in [5.41, 5.74) is -0.646. The van der Waals surface area contributed by atoms with Gasteiger partial charge in [0.2, 0.25) is 14.2 Å². The minimum absolute atomic E-state index is 0. The van der Waals surface area contributed by atoms with Gasteiger partial charge in [-0.15, -0.1) is 0 Å². The lowest BCUT2D eigenvalue weighted by Crippen LogP contribution is -2.06. The molecule has 0 amide bonds. The Hall–Kier alpha value is -1.38. The molecule has 0 atom stereocenters. The molecule has 0 aliphatic rings. The fourth-order valence-corrected chi connectivity index (χ4v) is 0.966. The first-order chi connectivity index (χ1) is 5.75. The molecule has 0 aliphatic heterocycles. The number of rotatable bonds is 3. The Morgan fingerprint density at radius 1 is 1.08 bits per heavy atom. The number of hydrogen-bond donors (Lipinski definition) is 0. The summed E-state index contributed by atoms with van der Waals surface area (Å²) in [6.45, 7) is 0. The second kappa shape index (κ2) is 5.30. The quantitative estimate of drug-likeness (QED) is 0.410. The SMILES string of the molecule is O.O=PC(=O)C(=O)c1ccccc1. The summed E-state index contributed by atoms with van der Waals surface area (Å²) in [4.78, 5) is 21.7. The van der Waals surface area contributed by atoms with Gasteiger partial charge in [-0.05, 0) is 0 Å². The lowest BCUT2D eigenvalue weighted by Gasteiger charge is -1.91. The predicted octanol–water partition coefficient (Wildman–Crippen LogP) is 0.863. The van der Waals surface area contributed by atoms with Crippen LogP contribution < -0.4 is 0 Å². The van der Waals surface area contributed by atoms with Crippen molar-refractivity contribution in [1.82, 2.24) is 0 Å². The van der Waals surface area contributed by atoms with Gasteiger partial charge < -0.3 is 5.48 Å². The molecule has 0 aliphatic carbocycles. The summed E-state index contributed by atoms with van der Waals surface area (Å²) in [5, 5.41) is 0. The number of carbonyl (C=O) groups excluding carboxylic acids is 2. The zero-order valence-corrected chi connectivity index (χ0v) is 7.45. The van der Waals surface area contributed by atoms with E-state index in [9.17, 15) is 14.2 Å². The highest BCUT2D eigenvalue weighted by molar-refractivity contribution is 7.50. The van der Waals surface area contributed by atoms with E-state index < -0.39 is 19.8 Å². The monoisotopic (exact) mass is 198 g/mol. The second-order valence-corrected chi connectivity index (χ2v) is 2.68. The van der Waals surface area contributed by atoms with Crippen LogP contribution in [0.4, 0.5) is 0 Å². The molecule has 13 heavy (non-hydrogen) atoms. The van der Waals surface area contributed by atoms with Crippen LogP contribution in [0.15, 0.2) is 30.3 Å². The van der Waals surface area contributed by atoms with Crippen molar-refractivity contribution in [2.24, 2.45) is 0 Å². The number of ketones is 1. The Bertz CT molecular complexity index is 320. The normalized spacial score (nSPS) is 8.92. The van der Waals surface area contributed by atoms with Gasteiger partial charge in [0.1, 0.15) is 0 Å². The molecule has 0 saturated heterocycles. The van der Waals surface area contributed by atoms with Crippen LogP contribution in [0, 0.1) is 0 Å². The van der Waals surface area contributed by atoms with Crippen molar-refractivity contribution in [2.75, 3.05) is 0 Å². The largest absolute Gasteiger partial charge is 0.412 e. The number of Topliss-reactive ketones (excluding diaryl/α,β-unsaturated/α-hetero) is 1. The number of benzene rings is 1. The topological polar surface area (TPSA) is 82.7 Å². The third kappa shape index (κ3) is 2.86. The molecule has 1 aromatic carbocycles. The van der Waals surface area contributed by atoms with Crippen LogP contribution in [0.2, 0.25) is 0 Å². The summed E-state index contributed by atoms with van der Waals surface area (Å²) in [6, 6.07) is 8.03. The molecular formula is C8H7O4P. The van der Waals surface area contributed by atoms with Gasteiger partial charge in [-0.2, -0.15) is 0 Å². The number of carbonyl (C=O) groups is 2. The zero-order valence-electron chi connectivity index (χ0n) is 6.56. The molecular weight excluding hydrogens is 191 g/mol. The number of hydrogen-bond acceptors (Lipinski definition) is 3. The molecule has 68 valence electrons. The lowest BCUT2D eigenvalue weighted by atomic mass is 10.1. The van der Waals surface area contributed by atoms with Gasteiger partial charge in [0.15, 0.2) is 0 Å². The molecule has 1 rings (SSSR count). The van der Waals surface area contributed by atoms with Crippen molar-refractivity contribution in [3.05, 3.63) is 35.9 Å². The first-order valence-corrected chi connectivity index (χ1v) is 4.04. The van der Waals surface area contributed by atoms with Crippen LogP contribution in [0.3, 0.4) is 0 Å². The molecule has 0 heterocycles. The lowest BCUT2D eigenvalue weighted by molar-refractivity contribution is -0.108. The van der Waals surface area contributed by atoms with Crippen LogP contribution in [-0.2, 0) is 9.36 Å². The molecule has 0 fully saturated rings. The molecule has 0 unspecified atom stereocenters. The molecule has 4 nitrogen and oxygen atoms in total. The summed E-state index contributed by atoms with van der Waals surface area (Å²) in [7, 11) is -0.756. The standard InChI is InChI=1S/C8H5O3P.H2O/c9-7(8(10)12-11)6-4-2-1-3-5-6;/h1-5H;1H2. The Kier molecular flexibility index (Phi) is 4.74. The van der Waals surface area contributed by atoms with E-state index in [0.29, 0.717) is 0 Å². The van der Waals surface area contributed by atoms with Crippen LogP contribution >= 0.6 is 8.46 Å². The van der Waals surface area contributed by atoms with Gasteiger partial charge in [-0.3, -0.25) is 14.2 Å². The van der Waals surface area contributed by atoms with Crippen molar-refractivity contribution >= 4 is 19.8 Å². The second-order valence-electron chi connectivity index (χ2n) is 2.09. The van der Waals surface area contributed by atoms with Gasteiger partial charge in [0, 0.05) is 5.56 Å². The maximum Gasteiger partial charge on any atom is 0.293 e. The average molecular weight is 198 g/mol. The highest BCUT2D eigenvalue weighted by Gasteiger charge is 2.14. The van der Waals surface area contributed by atoms with Gasteiger partial charge >= 0.3 is 0 Å². The fourth-order valence-electron chi connectivity index (χ4n) is 0.754. The maximum atomic E-state index is 11.0. The Morgan fingerprint density at radius 3 is 2.08 bits per heavy atom. The first kappa shape index (κ1) is 11.6. The Balaban J connectivity index is 0.00000144. The molecule has 5 heteroatoms. The van der Waals surface area contributed by atoms with E-state index in [0.717, 1.165) is 0 Å². The third-order valence-electron chi connectivity index (χ3n) is 1.31. The summed E-state index contributed by atoms with van der Waals surface area (Å²) in [6.07, 6.45) is 0. The van der Waals surface area contributed by atoms with Crippen molar-refractivity contribution in [1.29, 1.82) is 0 Å². The maximum absolute atomic E-state index is 11.0. The molecule has 0 spiro atoms. The highest BCUT2D eigenvalue weighted by Crippen LogP contribution is 2.05.